The molecule has 1 rings (SSSR count). The summed E-state index contributed by atoms with van der Waals surface area (Å²) in [6.07, 6.45) is 1.28. The number of hydrogen-bond donors (Lipinski definition) is 2. The zero-order valence-electron chi connectivity index (χ0n) is 10.5. The quantitative estimate of drug-likeness (QED) is 0.695. The maximum Gasteiger partial charge on any atom is 0.225 e. The Labute approximate surface area is 107 Å². The van der Waals surface area contributed by atoms with Crippen LogP contribution in [0.25, 0.3) is 0 Å². The first-order valence-corrected chi connectivity index (χ1v) is 5.97. The lowest BCUT2D eigenvalue weighted by atomic mass is 10.3. The average molecular weight is 254 g/mol. The Morgan fingerprint density at radius 3 is 2.94 bits per heavy atom. The van der Waals surface area contributed by atoms with E-state index in [1.54, 1.807) is 19.2 Å². The van der Waals surface area contributed by atoms with Crippen molar-refractivity contribution in [1.82, 2.24) is 5.32 Å². The molecule has 0 heterocycles. The van der Waals surface area contributed by atoms with Gasteiger partial charge in [0.25, 0.3) is 0 Å². The molecule has 0 unspecified atom stereocenters. The van der Waals surface area contributed by atoms with Crippen molar-refractivity contribution in [1.29, 1.82) is 0 Å². The predicted octanol–water partition coefficient (Wildman–Crippen LogP) is 1.78. The largest absolute Gasteiger partial charge is 0.385 e. The normalized spacial score (nSPS) is 10.3. The van der Waals surface area contributed by atoms with E-state index in [4.69, 9.17) is 4.74 Å². The first-order chi connectivity index (χ1) is 8.72. The number of amides is 1. The highest BCUT2D eigenvalue weighted by atomic mass is 19.1. The van der Waals surface area contributed by atoms with Gasteiger partial charge in [0.1, 0.15) is 5.82 Å². The Balaban J connectivity index is 2.14. The molecular weight excluding hydrogens is 235 g/mol. The topological polar surface area (TPSA) is 50.4 Å². The molecule has 0 aliphatic carbocycles. The number of rotatable bonds is 8. The highest BCUT2D eigenvalue weighted by Crippen LogP contribution is 2.08. The first kappa shape index (κ1) is 14.6. The molecule has 0 radical (unpaired) electrons. The molecule has 1 amide bonds. The summed E-state index contributed by atoms with van der Waals surface area (Å²) in [5.41, 5.74) is 0.486. The fraction of sp³-hybridized carbons (Fsp3) is 0.462. The highest BCUT2D eigenvalue weighted by Gasteiger charge is 2.02. The van der Waals surface area contributed by atoms with E-state index in [9.17, 15) is 9.18 Å². The molecule has 0 saturated heterocycles. The van der Waals surface area contributed by atoms with Crippen LogP contribution in [0.4, 0.5) is 10.1 Å². The van der Waals surface area contributed by atoms with Gasteiger partial charge in [-0.2, -0.15) is 0 Å². The number of carbonyl (C=O) groups excluding carboxylic acids is 1. The van der Waals surface area contributed by atoms with Crippen molar-refractivity contribution in [2.75, 3.05) is 32.1 Å². The summed E-state index contributed by atoms with van der Waals surface area (Å²) in [4.78, 5) is 11.5. The molecule has 0 aromatic heterocycles. The summed E-state index contributed by atoms with van der Waals surface area (Å²) in [6, 6.07) is 5.86. The van der Waals surface area contributed by atoms with Gasteiger partial charge in [-0.05, 0) is 31.2 Å². The summed E-state index contributed by atoms with van der Waals surface area (Å²) in [7, 11) is 1.66. The number of halogens is 1. The Morgan fingerprint density at radius 1 is 1.39 bits per heavy atom. The van der Waals surface area contributed by atoms with Crippen LogP contribution in [0, 0.1) is 5.82 Å². The Kier molecular flexibility index (Phi) is 6.98. The third kappa shape index (κ3) is 6.32. The van der Waals surface area contributed by atoms with Gasteiger partial charge in [0.2, 0.25) is 5.91 Å². The fourth-order valence-corrected chi connectivity index (χ4v) is 1.46. The van der Waals surface area contributed by atoms with E-state index in [0.29, 0.717) is 25.3 Å². The monoisotopic (exact) mass is 254 g/mol. The smallest absolute Gasteiger partial charge is 0.225 e. The number of methoxy groups -OCH3 is 1. The standard InChI is InChI=1S/C13H19FN2O2/c1-18-9-3-7-15-8-6-13(17)16-12-5-2-4-11(14)10-12/h2,4-5,10,15H,3,6-9H2,1H3,(H,16,17). The van der Waals surface area contributed by atoms with Gasteiger partial charge in [0, 0.05) is 32.4 Å². The molecule has 5 heteroatoms. The number of ether oxygens (including phenoxy) is 1. The molecule has 0 bridgehead atoms. The molecule has 0 aliphatic heterocycles. The molecule has 0 atom stereocenters. The summed E-state index contributed by atoms with van der Waals surface area (Å²) < 4.78 is 17.8. The number of hydrogen-bond acceptors (Lipinski definition) is 3. The van der Waals surface area contributed by atoms with Crippen LogP contribution in [0.3, 0.4) is 0 Å². The number of carbonyl (C=O) groups is 1. The van der Waals surface area contributed by atoms with E-state index in [-0.39, 0.29) is 11.7 Å². The summed E-state index contributed by atoms with van der Waals surface area (Å²) in [6.45, 7) is 2.13. The SMILES string of the molecule is COCCCNCCC(=O)Nc1cccc(F)c1. The van der Waals surface area contributed by atoms with Crippen LogP contribution in [0.2, 0.25) is 0 Å². The second-order valence-electron chi connectivity index (χ2n) is 3.90. The van der Waals surface area contributed by atoms with Crippen molar-refractivity contribution in [3.05, 3.63) is 30.1 Å². The Morgan fingerprint density at radius 2 is 2.22 bits per heavy atom. The molecule has 100 valence electrons. The fourth-order valence-electron chi connectivity index (χ4n) is 1.46. The highest BCUT2D eigenvalue weighted by molar-refractivity contribution is 5.90. The summed E-state index contributed by atoms with van der Waals surface area (Å²) in [5.74, 6) is -0.481. The number of benzene rings is 1. The lowest BCUT2D eigenvalue weighted by molar-refractivity contribution is -0.116. The molecule has 2 N–H and O–H groups in total. The van der Waals surface area contributed by atoms with E-state index >= 15 is 0 Å². The van der Waals surface area contributed by atoms with Crippen LogP contribution < -0.4 is 10.6 Å². The second kappa shape index (κ2) is 8.60. The third-order valence-electron chi connectivity index (χ3n) is 2.34. The third-order valence-corrected chi connectivity index (χ3v) is 2.34. The van der Waals surface area contributed by atoms with Gasteiger partial charge in [-0.25, -0.2) is 4.39 Å². The summed E-state index contributed by atoms with van der Waals surface area (Å²) in [5, 5.41) is 5.77. The Hall–Kier alpha value is -1.46. The molecule has 4 nitrogen and oxygen atoms in total. The van der Waals surface area contributed by atoms with Crippen molar-refractivity contribution in [2.24, 2.45) is 0 Å². The van der Waals surface area contributed by atoms with E-state index < -0.39 is 0 Å². The molecule has 1 aromatic rings. The van der Waals surface area contributed by atoms with E-state index in [0.717, 1.165) is 13.0 Å². The Bertz CT molecular complexity index is 372. The van der Waals surface area contributed by atoms with Crippen LogP contribution >= 0.6 is 0 Å². The van der Waals surface area contributed by atoms with Gasteiger partial charge in [-0.3, -0.25) is 4.79 Å². The van der Waals surface area contributed by atoms with Crippen molar-refractivity contribution < 1.29 is 13.9 Å². The molecule has 0 saturated carbocycles. The van der Waals surface area contributed by atoms with Crippen molar-refractivity contribution in [2.45, 2.75) is 12.8 Å². The number of anilines is 1. The van der Waals surface area contributed by atoms with Crippen molar-refractivity contribution in [3.63, 3.8) is 0 Å². The van der Waals surface area contributed by atoms with Crippen LogP contribution in [-0.2, 0) is 9.53 Å². The van der Waals surface area contributed by atoms with Gasteiger partial charge in [-0.1, -0.05) is 6.07 Å². The van der Waals surface area contributed by atoms with Gasteiger partial charge in [0.05, 0.1) is 0 Å². The van der Waals surface area contributed by atoms with E-state index in [1.807, 2.05) is 0 Å². The van der Waals surface area contributed by atoms with Crippen molar-refractivity contribution >= 4 is 11.6 Å². The van der Waals surface area contributed by atoms with Crippen LogP contribution in [0.5, 0.6) is 0 Å². The molecule has 18 heavy (non-hydrogen) atoms. The zero-order valence-corrected chi connectivity index (χ0v) is 10.5. The van der Waals surface area contributed by atoms with Crippen LogP contribution in [-0.4, -0.2) is 32.7 Å². The van der Waals surface area contributed by atoms with Crippen LogP contribution in [0.1, 0.15) is 12.8 Å². The molecule has 0 aliphatic rings. The predicted molar refractivity (Wildman–Crippen MR) is 69.0 cm³/mol. The molecule has 0 fully saturated rings. The maximum absolute atomic E-state index is 12.9. The molecule has 0 spiro atoms. The lowest BCUT2D eigenvalue weighted by Gasteiger charge is -2.06. The minimum absolute atomic E-state index is 0.125. The minimum Gasteiger partial charge on any atom is -0.385 e. The van der Waals surface area contributed by atoms with Gasteiger partial charge in [-0.15, -0.1) is 0 Å². The maximum atomic E-state index is 12.9. The average Bonchev–Trinajstić information content (AvgIpc) is 2.33. The van der Waals surface area contributed by atoms with Gasteiger partial charge in [0.15, 0.2) is 0 Å². The van der Waals surface area contributed by atoms with Gasteiger partial charge < -0.3 is 15.4 Å². The van der Waals surface area contributed by atoms with Crippen molar-refractivity contribution in [3.8, 4) is 0 Å². The second-order valence-corrected chi connectivity index (χ2v) is 3.90. The van der Waals surface area contributed by atoms with E-state index in [1.165, 1.54) is 12.1 Å². The van der Waals surface area contributed by atoms with Gasteiger partial charge >= 0.3 is 0 Å². The minimum atomic E-state index is -0.356. The summed E-state index contributed by atoms with van der Waals surface area (Å²) >= 11 is 0. The molecule has 1 aromatic carbocycles. The zero-order chi connectivity index (χ0) is 13.2. The van der Waals surface area contributed by atoms with Crippen LogP contribution in [0.15, 0.2) is 24.3 Å². The molecular formula is C13H19FN2O2. The first-order valence-electron chi connectivity index (χ1n) is 5.97. The number of nitrogens with one attached hydrogen (secondary N) is 2. The lowest BCUT2D eigenvalue weighted by Crippen LogP contribution is -2.23. The van der Waals surface area contributed by atoms with E-state index in [2.05, 4.69) is 10.6 Å².